The van der Waals surface area contributed by atoms with Crippen molar-refractivity contribution >= 4 is 22.7 Å². The summed E-state index contributed by atoms with van der Waals surface area (Å²) in [6, 6.07) is 13.1. The number of rotatable bonds is 7. The van der Waals surface area contributed by atoms with Crippen LogP contribution in [0.25, 0.3) is 22.0 Å². The lowest BCUT2D eigenvalue weighted by Crippen LogP contribution is -2.12. The van der Waals surface area contributed by atoms with Gasteiger partial charge in [-0.05, 0) is 30.5 Å². The molecule has 0 aliphatic carbocycles. The van der Waals surface area contributed by atoms with Gasteiger partial charge >= 0.3 is 5.97 Å². The Morgan fingerprint density at radius 2 is 1.81 bits per heavy atom. The fraction of sp³-hybridized carbons (Fsp3) is 0.286. The van der Waals surface area contributed by atoms with E-state index in [2.05, 4.69) is 29.7 Å². The average Bonchev–Trinajstić information content (AvgIpc) is 3.08. The number of carbonyl (C=O) groups is 2. The molecule has 0 amide bonds. The lowest BCUT2D eigenvalue weighted by atomic mass is 10.0. The van der Waals surface area contributed by atoms with Gasteiger partial charge in [0.05, 0.1) is 11.7 Å². The van der Waals surface area contributed by atoms with E-state index in [0.29, 0.717) is 6.04 Å². The maximum Gasteiger partial charge on any atom is 0.377 e. The minimum absolute atomic E-state index is 0.181. The van der Waals surface area contributed by atoms with Crippen LogP contribution in [0.1, 0.15) is 49.5 Å². The number of aromatic nitrogens is 2. The summed E-state index contributed by atoms with van der Waals surface area (Å²) in [6.45, 7) is 4.37. The minimum atomic E-state index is -1.44. The van der Waals surface area contributed by atoms with Gasteiger partial charge in [0.2, 0.25) is 0 Å². The van der Waals surface area contributed by atoms with Gasteiger partial charge in [0.1, 0.15) is 0 Å². The third kappa shape index (κ3) is 3.52. The van der Waals surface area contributed by atoms with Gasteiger partial charge in [0, 0.05) is 17.0 Å². The molecule has 1 N–H and O–H groups in total. The van der Waals surface area contributed by atoms with Crippen molar-refractivity contribution in [2.75, 3.05) is 0 Å². The Bertz CT molecular complexity index is 942. The zero-order valence-electron chi connectivity index (χ0n) is 15.0. The SMILES string of the molecule is CCCCC(C)n1ncc2ccc(-c3ccc(C(=O)C(=O)O)cc3)cc21. The van der Waals surface area contributed by atoms with Crippen LogP contribution in [0.2, 0.25) is 0 Å². The number of carboxylic acid groups (broad SMARTS) is 1. The van der Waals surface area contributed by atoms with Gasteiger partial charge in [-0.15, -0.1) is 0 Å². The van der Waals surface area contributed by atoms with E-state index in [1.807, 2.05) is 18.3 Å². The van der Waals surface area contributed by atoms with E-state index in [9.17, 15) is 9.59 Å². The molecule has 1 aromatic heterocycles. The van der Waals surface area contributed by atoms with E-state index in [0.717, 1.165) is 34.9 Å². The third-order valence-corrected chi connectivity index (χ3v) is 4.67. The Balaban J connectivity index is 1.93. The van der Waals surface area contributed by atoms with Crippen molar-refractivity contribution in [2.24, 2.45) is 0 Å². The maximum atomic E-state index is 11.5. The van der Waals surface area contributed by atoms with Gasteiger partial charge in [0.25, 0.3) is 5.78 Å². The van der Waals surface area contributed by atoms with Crippen molar-refractivity contribution in [2.45, 2.75) is 39.2 Å². The van der Waals surface area contributed by atoms with Gasteiger partial charge in [-0.2, -0.15) is 5.10 Å². The van der Waals surface area contributed by atoms with Crippen molar-refractivity contribution in [3.05, 3.63) is 54.2 Å². The molecule has 134 valence electrons. The first-order valence-corrected chi connectivity index (χ1v) is 8.86. The van der Waals surface area contributed by atoms with Crippen molar-refractivity contribution < 1.29 is 14.7 Å². The molecule has 5 nitrogen and oxygen atoms in total. The predicted octanol–water partition coefficient (Wildman–Crippen LogP) is 4.72. The van der Waals surface area contributed by atoms with Crippen LogP contribution in [0.3, 0.4) is 0 Å². The van der Waals surface area contributed by atoms with Crippen molar-refractivity contribution in [1.29, 1.82) is 0 Å². The Morgan fingerprint density at radius 1 is 1.12 bits per heavy atom. The van der Waals surface area contributed by atoms with Crippen LogP contribution in [0.15, 0.2) is 48.7 Å². The first kappa shape index (κ1) is 17.9. The van der Waals surface area contributed by atoms with Crippen LogP contribution in [0, 0.1) is 0 Å². The zero-order chi connectivity index (χ0) is 18.7. The number of ketones is 1. The Hall–Kier alpha value is -2.95. The monoisotopic (exact) mass is 350 g/mol. The second-order valence-corrected chi connectivity index (χ2v) is 6.57. The van der Waals surface area contributed by atoms with Crippen LogP contribution in [-0.4, -0.2) is 26.6 Å². The van der Waals surface area contributed by atoms with Gasteiger partial charge < -0.3 is 5.11 Å². The number of fused-ring (bicyclic) bond motifs is 1. The lowest BCUT2D eigenvalue weighted by molar-refractivity contribution is -0.131. The molecule has 2 aromatic carbocycles. The molecule has 5 heteroatoms. The van der Waals surface area contributed by atoms with E-state index >= 15 is 0 Å². The maximum absolute atomic E-state index is 11.5. The predicted molar refractivity (Wildman–Crippen MR) is 101 cm³/mol. The summed E-state index contributed by atoms with van der Waals surface area (Å²) in [5.41, 5.74) is 3.21. The highest BCUT2D eigenvalue weighted by Gasteiger charge is 2.15. The molecule has 0 saturated carbocycles. The van der Waals surface area contributed by atoms with Gasteiger partial charge in [-0.1, -0.05) is 56.2 Å². The second-order valence-electron chi connectivity index (χ2n) is 6.57. The molecule has 1 atom stereocenters. The zero-order valence-corrected chi connectivity index (χ0v) is 15.0. The van der Waals surface area contributed by atoms with Crippen LogP contribution in [0.4, 0.5) is 0 Å². The summed E-state index contributed by atoms with van der Waals surface area (Å²) in [7, 11) is 0. The highest BCUT2D eigenvalue weighted by molar-refractivity contribution is 6.39. The molecule has 1 heterocycles. The third-order valence-electron chi connectivity index (χ3n) is 4.67. The van der Waals surface area contributed by atoms with E-state index in [1.54, 1.807) is 24.3 Å². The van der Waals surface area contributed by atoms with Gasteiger partial charge in [-0.25, -0.2) is 4.79 Å². The molecular weight excluding hydrogens is 328 g/mol. The Morgan fingerprint density at radius 3 is 2.46 bits per heavy atom. The fourth-order valence-electron chi connectivity index (χ4n) is 3.13. The van der Waals surface area contributed by atoms with Crippen LogP contribution >= 0.6 is 0 Å². The molecular formula is C21H22N2O3. The standard InChI is InChI=1S/C21H22N2O3/c1-3-4-5-14(2)23-19-12-17(10-11-18(19)13-22-23)15-6-8-16(9-7-15)20(24)21(25)26/h6-14H,3-5H2,1-2H3,(H,25,26). The smallest absolute Gasteiger partial charge is 0.377 e. The summed E-state index contributed by atoms with van der Waals surface area (Å²) < 4.78 is 2.07. The quantitative estimate of drug-likeness (QED) is 0.494. The first-order valence-electron chi connectivity index (χ1n) is 8.86. The lowest BCUT2D eigenvalue weighted by Gasteiger charge is -2.13. The number of Topliss-reactive ketones (excluding diaryl/α,β-unsaturated/α-hetero) is 1. The molecule has 26 heavy (non-hydrogen) atoms. The summed E-state index contributed by atoms with van der Waals surface area (Å²) in [4.78, 5) is 22.3. The van der Waals surface area contributed by atoms with Gasteiger partial charge in [0.15, 0.2) is 0 Å². The molecule has 0 fully saturated rings. The average molecular weight is 350 g/mol. The number of benzene rings is 2. The summed E-state index contributed by atoms with van der Waals surface area (Å²) in [5, 5.41) is 14.4. The van der Waals surface area contributed by atoms with Crippen molar-refractivity contribution in [3.8, 4) is 11.1 Å². The van der Waals surface area contributed by atoms with Crippen molar-refractivity contribution in [1.82, 2.24) is 9.78 Å². The van der Waals surface area contributed by atoms with Crippen LogP contribution in [0.5, 0.6) is 0 Å². The highest BCUT2D eigenvalue weighted by Crippen LogP contribution is 2.27. The van der Waals surface area contributed by atoms with E-state index in [1.165, 1.54) is 6.42 Å². The topological polar surface area (TPSA) is 72.2 Å². The van der Waals surface area contributed by atoms with E-state index in [-0.39, 0.29) is 5.56 Å². The van der Waals surface area contributed by atoms with Gasteiger partial charge in [-0.3, -0.25) is 9.48 Å². The molecule has 0 spiro atoms. The molecule has 3 rings (SSSR count). The minimum Gasteiger partial charge on any atom is -0.475 e. The van der Waals surface area contributed by atoms with E-state index < -0.39 is 11.8 Å². The van der Waals surface area contributed by atoms with Crippen LogP contribution < -0.4 is 0 Å². The van der Waals surface area contributed by atoms with Crippen molar-refractivity contribution in [3.63, 3.8) is 0 Å². The number of carbonyl (C=O) groups excluding carboxylic acids is 1. The number of carboxylic acids is 1. The number of hydrogen-bond acceptors (Lipinski definition) is 3. The second kappa shape index (κ2) is 7.52. The molecule has 1 unspecified atom stereocenters. The normalized spacial score (nSPS) is 12.2. The van der Waals surface area contributed by atoms with E-state index in [4.69, 9.17) is 5.11 Å². The molecule has 0 radical (unpaired) electrons. The number of hydrogen-bond donors (Lipinski definition) is 1. The summed E-state index contributed by atoms with van der Waals surface area (Å²) in [6.07, 6.45) is 5.30. The van der Waals surface area contributed by atoms with Crippen LogP contribution in [-0.2, 0) is 4.79 Å². The number of nitrogens with zero attached hydrogens (tertiary/aromatic N) is 2. The fourth-order valence-corrected chi connectivity index (χ4v) is 3.13. The number of unbranched alkanes of at least 4 members (excludes halogenated alkanes) is 1. The number of aliphatic carboxylic acids is 1. The summed E-state index contributed by atoms with van der Waals surface area (Å²) in [5.74, 6) is -2.33. The molecule has 3 aromatic rings. The molecule has 0 aliphatic heterocycles. The molecule has 0 saturated heterocycles. The Kier molecular flexibility index (Phi) is 5.16. The highest BCUT2D eigenvalue weighted by atomic mass is 16.4. The Labute approximate surface area is 152 Å². The largest absolute Gasteiger partial charge is 0.475 e. The molecule has 0 bridgehead atoms. The molecule has 0 aliphatic rings. The summed E-state index contributed by atoms with van der Waals surface area (Å²) >= 11 is 0. The first-order chi connectivity index (χ1) is 12.5.